The molecule has 0 saturated carbocycles. The second-order valence-electron chi connectivity index (χ2n) is 7.79. The van der Waals surface area contributed by atoms with Crippen molar-refractivity contribution in [2.75, 3.05) is 0 Å². The monoisotopic (exact) mass is 494 g/mol. The summed E-state index contributed by atoms with van der Waals surface area (Å²) in [6.07, 6.45) is 3.69. The number of aromatic nitrogens is 1. The summed E-state index contributed by atoms with van der Waals surface area (Å²) in [5, 5.41) is 3.15. The van der Waals surface area contributed by atoms with Crippen molar-refractivity contribution in [3.8, 4) is 0 Å². The Balaban J connectivity index is 1.62. The van der Waals surface area contributed by atoms with Crippen LogP contribution in [-0.4, -0.2) is 4.57 Å². The van der Waals surface area contributed by atoms with Gasteiger partial charge in [0.25, 0.3) is 5.56 Å². The highest BCUT2D eigenvalue weighted by atomic mass is 35.5. The zero-order chi connectivity index (χ0) is 21.8. The summed E-state index contributed by atoms with van der Waals surface area (Å²) in [5.74, 6) is 0. The quantitative estimate of drug-likeness (QED) is 0.352. The van der Waals surface area contributed by atoms with E-state index in [1.807, 2.05) is 22.8 Å². The molecule has 6 rings (SSSR count). The lowest BCUT2D eigenvalue weighted by Crippen LogP contribution is -2.38. The fourth-order valence-electron chi connectivity index (χ4n) is 4.48. The predicted octanol–water partition coefficient (Wildman–Crippen LogP) is 5.69. The van der Waals surface area contributed by atoms with Gasteiger partial charge in [-0.15, -0.1) is 11.3 Å². The molecule has 7 heteroatoms. The van der Waals surface area contributed by atoms with Gasteiger partial charge in [-0.05, 0) is 59.2 Å². The minimum Gasteiger partial charge on any atom is -0.271 e. The maximum absolute atomic E-state index is 13.6. The molecule has 1 aliphatic heterocycles. The molecule has 1 unspecified atom stereocenters. The summed E-state index contributed by atoms with van der Waals surface area (Å²) in [7, 11) is 0. The van der Waals surface area contributed by atoms with Crippen LogP contribution in [0.4, 0.5) is 0 Å². The highest BCUT2D eigenvalue weighted by Gasteiger charge is 2.32. The zero-order valence-electron chi connectivity index (χ0n) is 16.7. The third-order valence-corrected chi connectivity index (χ3v) is 8.40. The van der Waals surface area contributed by atoms with Crippen LogP contribution in [0.2, 0.25) is 10.0 Å². The molecule has 1 aliphatic carbocycles. The molecule has 0 saturated heterocycles. The third kappa shape index (κ3) is 3.23. The van der Waals surface area contributed by atoms with Crippen LogP contribution in [-0.2, 0) is 6.42 Å². The summed E-state index contributed by atoms with van der Waals surface area (Å²) in [4.78, 5) is 20.5. The standard InChI is InChI=1S/C25H16Cl2N2OS2/c26-16-9-7-15(19(27)13-16)12-21-24(30)29-23(20-6-3-11-31-20)18-10-8-14-4-1-2-5-17(14)22(18)28-25(29)32-21/h1-7,9,11-13,23H,8,10H2/b21-12-. The van der Waals surface area contributed by atoms with Gasteiger partial charge in [0.1, 0.15) is 0 Å². The molecule has 1 atom stereocenters. The summed E-state index contributed by atoms with van der Waals surface area (Å²) in [6, 6.07) is 17.8. The number of hydrogen-bond donors (Lipinski definition) is 0. The molecule has 0 spiro atoms. The van der Waals surface area contributed by atoms with Gasteiger partial charge in [-0.3, -0.25) is 9.36 Å². The maximum atomic E-state index is 13.6. The number of fused-ring (bicyclic) bond motifs is 3. The van der Waals surface area contributed by atoms with Crippen LogP contribution in [0.3, 0.4) is 0 Å². The van der Waals surface area contributed by atoms with E-state index in [1.165, 1.54) is 28.0 Å². The van der Waals surface area contributed by atoms with Crippen molar-refractivity contribution in [1.29, 1.82) is 0 Å². The van der Waals surface area contributed by atoms with E-state index in [-0.39, 0.29) is 11.6 Å². The molecule has 0 radical (unpaired) electrons. The highest BCUT2D eigenvalue weighted by molar-refractivity contribution is 7.10. The molecule has 0 bridgehead atoms. The van der Waals surface area contributed by atoms with Crippen LogP contribution in [0.15, 0.2) is 75.3 Å². The number of halogens is 2. The normalized spacial score (nSPS) is 17.6. The van der Waals surface area contributed by atoms with Crippen LogP contribution in [0.5, 0.6) is 0 Å². The van der Waals surface area contributed by atoms with Gasteiger partial charge in [0.05, 0.1) is 16.3 Å². The SMILES string of the molecule is O=c1/c(=C/c2ccc(Cl)cc2Cl)sc2n1C(c1cccs1)C1=C(N=2)c2ccccc2CC1. The second-order valence-corrected chi connectivity index (χ2v) is 10.6. The molecule has 2 aromatic carbocycles. The van der Waals surface area contributed by atoms with E-state index in [9.17, 15) is 4.79 Å². The lowest BCUT2D eigenvalue weighted by molar-refractivity contribution is 0.593. The molecule has 3 nitrogen and oxygen atoms in total. The van der Waals surface area contributed by atoms with E-state index in [1.54, 1.807) is 23.5 Å². The van der Waals surface area contributed by atoms with Crippen molar-refractivity contribution in [2.45, 2.75) is 18.9 Å². The van der Waals surface area contributed by atoms with Gasteiger partial charge < -0.3 is 0 Å². The summed E-state index contributed by atoms with van der Waals surface area (Å²) < 4.78 is 2.47. The minimum absolute atomic E-state index is 0.0384. The number of allylic oxidation sites excluding steroid dienone is 1. The Morgan fingerprint density at radius 2 is 1.94 bits per heavy atom. The minimum atomic E-state index is -0.127. The molecule has 0 fully saturated rings. The molecule has 4 aromatic rings. The number of rotatable bonds is 2. The number of thiophene rings is 1. The number of thiazole rings is 1. The van der Waals surface area contributed by atoms with E-state index in [2.05, 4.69) is 35.7 Å². The van der Waals surface area contributed by atoms with Crippen molar-refractivity contribution in [2.24, 2.45) is 4.99 Å². The van der Waals surface area contributed by atoms with Crippen LogP contribution in [0, 0.1) is 0 Å². The Labute approximate surface area is 202 Å². The van der Waals surface area contributed by atoms with Gasteiger partial charge in [-0.25, -0.2) is 4.99 Å². The van der Waals surface area contributed by atoms with E-state index in [0.29, 0.717) is 14.6 Å². The van der Waals surface area contributed by atoms with E-state index in [4.69, 9.17) is 28.2 Å². The second kappa shape index (κ2) is 7.85. The van der Waals surface area contributed by atoms with E-state index >= 15 is 0 Å². The lowest BCUT2D eigenvalue weighted by atomic mass is 9.85. The highest BCUT2D eigenvalue weighted by Crippen LogP contribution is 2.42. The number of aryl methyl sites for hydroxylation is 1. The topological polar surface area (TPSA) is 34.4 Å². The third-order valence-electron chi connectivity index (χ3n) is 5.93. The first kappa shape index (κ1) is 20.2. The molecular weight excluding hydrogens is 479 g/mol. The van der Waals surface area contributed by atoms with Gasteiger partial charge in [0.15, 0.2) is 4.80 Å². The van der Waals surface area contributed by atoms with Crippen molar-refractivity contribution in [1.82, 2.24) is 4.57 Å². The van der Waals surface area contributed by atoms with Crippen LogP contribution >= 0.6 is 45.9 Å². The molecule has 3 heterocycles. The Bertz CT molecular complexity index is 1580. The Hall–Kier alpha value is -2.44. The Morgan fingerprint density at radius 3 is 2.75 bits per heavy atom. The molecule has 2 aromatic heterocycles. The van der Waals surface area contributed by atoms with Crippen LogP contribution < -0.4 is 14.9 Å². The zero-order valence-corrected chi connectivity index (χ0v) is 19.9. The first-order valence-corrected chi connectivity index (χ1v) is 12.7. The van der Waals surface area contributed by atoms with Crippen molar-refractivity contribution in [3.05, 3.63) is 117 Å². The number of benzene rings is 2. The largest absolute Gasteiger partial charge is 0.271 e. The van der Waals surface area contributed by atoms with Gasteiger partial charge in [0, 0.05) is 20.5 Å². The molecule has 0 N–H and O–H groups in total. The van der Waals surface area contributed by atoms with Gasteiger partial charge in [0.2, 0.25) is 0 Å². The summed E-state index contributed by atoms with van der Waals surface area (Å²) in [5.41, 5.74) is 5.45. The van der Waals surface area contributed by atoms with E-state index < -0.39 is 0 Å². The average Bonchev–Trinajstić information content (AvgIpc) is 3.43. The number of nitrogens with zero attached hydrogens (tertiary/aromatic N) is 2. The molecule has 2 aliphatic rings. The molecule has 32 heavy (non-hydrogen) atoms. The number of hydrogen-bond acceptors (Lipinski definition) is 4. The van der Waals surface area contributed by atoms with Gasteiger partial charge in [-0.2, -0.15) is 0 Å². The first-order valence-electron chi connectivity index (χ1n) is 10.2. The molecule has 0 amide bonds. The fourth-order valence-corrected chi connectivity index (χ4v) is 6.78. The van der Waals surface area contributed by atoms with E-state index in [0.717, 1.165) is 33.8 Å². The van der Waals surface area contributed by atoms with Crippen molar-refractivity contribution < 1.29 is 0 Å². The first-order chi connectivity index (χ1) is 15.6. The van der Waals surface area contributed by atoms with Crippen molar-refractivity contribution in [3.63, 3.8) is 0 Å². The Kier molecular flexibility index (Phi) is 4.95. The molecule has 158 valence electrons. The smallest absolute Gasteiger partial charge is 0.271 e. The average molecular weight is 495 g/mol. The summed E-state index contributed by atoms with van der Waals surface area (Å²) in [6.45, 7) is 0. The van der Waals surface area contributed by atoms with Crippen molar-refractivity contribution >= 4 is 57.6 Å². The summed E-state index contributed by atoms with van der Waals surface area (Å²) >= 11 is 15.5. The van der Waals surface area contributed by atoms with Crippen LogP contribution in [0.1, 0.15) is 34.0 Å². The van der Waals surface area contributed by atoms with Gasteiger partial charge in [-0.1, -0.05) is 70.9 Å². The maximum Gasteiger partial charge on any atom is 0.271 e. The Morgan fingerprint density at radius 1 is 1.06 bits per heavy atom. The molecular formula is C25H16Cl2N2OS2. The lowest BCUT2D eigenvalue weighted by Gasteiger charge is -2.30. The fraction of sp³-hybridized carbons (Fsp3) is 0.120. The van der Waals surface area contributed by atoms with Crippen LogP contribution in [0.25, 0.3) is 11.8 Å². The predicted molar refractivity (Wildman–Crippen MR) is 134 cm³/mol. The van der Waals surface area contributed by atoms with Gasteiger partial charge >= 0.3 is 0 Å².